The van der Waals surface area contributed by atoms with E-state index in [9.17, 15) is 23.6 Å². The van der Waals surface area contributed by atoms with Crippen molar-refractivity contribution < 1.29 is 28.7 Å². The van der Waals surface area contributed by atoms with Gasteiger partial charge in [0.1, 0.15) is 17.9 Å². The predicted octanol–water partition coefficient (Wildman–Crippen LogP) is -0.292. The highest BCUT2D eigenvalue weighted by atomic mass is 19.1. The number of benzene rings is 1. The first kappa shape index (κ1) is 20.1. The maximum Gasteiger partial charge on any atom is 0.303 e. The molecular formula is C16H20FN3O5. The second-order valence-corrected chi connectivity index (χ2v) is 5.48. The van der Waals surface area contributed by atoms with Gasteiger partial charge in [-0.1, -0.05) is 12.1 Å². The number of hydrogen-bond acceptors (Lipinski definition) is 4. The van der Waals surface area contributed by atoms with E-state index in [-0.39, 0.29) is 19.3 Å². The highest BCUT2D eigenvalue weighted by Gasteiger charge is 2.25. The van der Waals surface area contributed by atoms with E-state index in [0.29, 0.717) is 5.56 Å². The van der Waals surface area contributed by atoms with Gasteiger partial charge in [-0.25, -0.2) is 4.39 Å². The Morgan fingerprint density at radius 3 is 2.20 bits per heavy atom. The summed E-state index contributed by atoms with van der Waals surface area (Å²) in [5, 5.41) is 13.5. The summed E-state index contributed by atoms with van der Waals surface area (Å²) in [6, 6.07) is 3.18. The maximum absolute atomic E-state index is 13.0. The van der Waals surface area contributed by atoms with Crippen molar-refractivity contribution in [3.8, 4) is 0 Å². The lowest BCUT2D eigenvalue weighted by molar-refractivity contribution is -0.137. The minimum atomic E-state index is -1.17. The molecule has 0 radical (unpaired) electrons. The van der Waals surface area contributed by atoms with E-state index in [1.54, 1.807) is 0 Å². The molecule has 3 amide bonds. The molecule has 0 bridgehead atoms. The normalized spacial score (nSPS) is 12.7. The van der Waals surface area contributed by atoms with Crippen molar-refractivity contribution in [2.45, 2.75) is 38.3 Å². The van der Waals surface area contributed by atoms with Gasteiger partial charge in [0.15, 0.2) is 0 Å². The summed E-state index contributed by atoms with van der Waals surface area (Å²) in [6.07, 6.45) is -0.452. The summed E-state index contributed by atoms with van der Waals surface area (Å²) in [4.78, 5) is 45.7. The lowest BCUT2D eigenvalue weighted by Crippen LogP contribution is -2.53. The minimum absolute atomic E-state index is 0.0656. The third-order valence-corrected chi connectivity index (χ3v) is 3.35. The number of amides is 3. The number of halogens is 1. The lowest BCUT2D eigenvalue weighted by atomic mass is 10.0. The Labute approximate surface area is 143 Å². The van der Waals surface area contributed by atoms with Crippen molar-refractivity contribution in [3.05, 3.63) is 35.6 Å². The number of carboxylic acids is 1. The number of hydrogen-bond donors (Lipinski definition) is 4. The zero-order chi connectivity index (χ0) is 19.0. The average Bonchev–Trinajstić information content (AvgIpc) is 2.51. The molecule has 0 aliphatic heterocycles. The van der Waals surface area contributed by atoms with E-state index < -0.39 is 41.6 Å². The molecular weight excluding hydrogens is 333 g/mol. The monoisotopic (exact) mass is 353 g/mol. The van der Waals surface area contributed by atoms with Crippen LogP contribution in [0, 0.1) is 5.82 Å². The number of nitrogens with two attached hydrogens (primary N) is 1. The smallest absolute Gasteiger partial charge is 0.303 e. The number of nitrogens with one attached hydrogen (secondary N) is 2. The SMILES string of the molecule is CC(=O)N[C@H](Cc1ccc(F)cc1)C(=O)N[C@@H](CCC(=O)O)C(N)=O. The molecule has 0 aliphatic rings. The van der Waals surface area contributed by atoms with Crippen LogP contribution in [0.1, 0.15) is 25.3 Å². The van der Waals surface area contributed by atoms with Crippen molar-refractivity contribution in [1.29, 1.82) is 0 Å². The summed E-state index contributed by atoms with van der Waals surface area (Å²) >= 11 is 0. The van der Waals surface area contributed by atoms with Crippen molar-refractivity contribution in [3.63, 3.8) is 0 Å². The molecule has 5 N–H and O–H groups in total. The largest absolute Gasteiger partial charge is 0.481 e. The van der Waals surface area contributed by atoms with Crippen molar-refractivity contribution in [2.75, 3.05) is 0 Å². The van der Waals surface area contributed by atoms with Crippen LogP contribution in [0.5, 0.6) is 0 Å². The maximum atomic E-state index is 13.0. The third-order valence-electron chi connectivity index (χ3n) is 3.35. The second-order valence-electron chi connectivity index (χ2n) is 5.48. The molecule has 0 saturated carbocycles. The molecule has 0 aliphatic carbocycles. The number of rotatable bonds is 9. The van der Waals surface area contributed by atoms with Crippen LogP contribution < -0.4 is 16.4 Å². The van der Waals surface area contributed by atoms with Crippen molar-refractivity contribution in [1.82, 2.24) is 10.6 Å². The van der Waals surface area contributed by atoms with E-state index in [0.717, 1.165) is 0 Å². The lowest BCUT2D eigenvalue weighted by Gasteiger charge is -2.21. The fraction of sp³-hybridized carbons (Fsp3) is 0.375. The molecule has 0 aromatic heterocycles. The van der Waals surface area contributed by atoms with Gasteiger partial charge in [0, 0.05) is 19.8 Å². The fourth-order valence-corrected chi connectivity index (χ4v) is 2.14. The minimum Gasteiger partial charge on any atom is -0.481 e. The van der Waals surface area contributed by atoms with Gasteiger partial charge in [-0.2, -0.15) is 0 Å². The number of carbonyl (C=O) groups excluding carboxylic acids is 3. The zero-order valence-corrected chi connectivity index (χ0v) is 13.6. The zero-order valence-electron chi connectivity index (χ0n) is 13.6. The Hall–Kier alpha value is -2.97. The molecule has 1 aromatic rings. The van der Waals surface area contributed by atoms with Gasteiger partial charge in [0.05, 0.1) is 0 Å². The number of primary amides is 1. The van der Waals surface area contributed by atoms with Crippen LogP contribution in [0.25, 0.3) is 0 Å². The molecule has 0 fully saturated rings. The molecule has 1 aromatic carbocycles. The Kier molecular flexibility index (Phi) is 7.51. The first-order valence-corrected chi connectivity index (χ1v) is 7.52. The first-order valence-electron chi connectivity index (χ1n) is 7.52. The highest BCUT2D eigenvalue weighted by Crippen LogP contribution is 2.07. The van der Waals surface area contributed by atoms with E-state index in [1.165, 1.54) is 31.2 Å². The van der Waals surface area contributed by atoms with Gasteiger partial charge in [0.2, 0.25) is 17.7 Å². The summed E-state index contributed by atoms with van der Waals surface area (Å²) in [5.74, 6) is -3.60. The summed E-state index contributed by atoms with van der Waals surface area (Å²) < 4.78 is 13.0. The number of aliphatic carboxylic acids is 1. The van der Waals surface area contributed by atoms with Crippen LogP contribution in [0.15, 0.2) is 24.3 Å². The highest BCUT2D eigenvalue weighted by molar-refractivity contribution is 5.91. The summed E-state index contributed by atoms with van der Waals surface area (Å²) in [6.45, 7) is 1.22. The fourth-order valence-electron chi connectivity index (χ4n) is 2.14. The average molecular weight is 353 g/mol. The Morgan fingerprint density at radius 2 is 1.72 bits per heavy atom. The van der Waals surface area contributed by atoms with Crippen LogP contribution in [-0.2, 0) is 25.6 Å². The van der Waals surface area contributed by atoms with E-state index in [4.69, 9.17) is 10.8 Å². The molecule has 0 spiro atoms. The molecule has 9 heteroatoms. The van der Waals surface area contributed by atoms with Gasteiger partial charge >= 0.3 is 5.97 Å². The molecule has 25 heavy (non-hydrogen) atoms. The molecule has 2 atom stereocenters. The van der Waals surface area contributed by atoms with E-state index in [1.807, 2.05) is 0 Å². The van der Waals surface area contributed by atoms with Crippen LogP contribution in [-0.4, -0.2) is 40.9 Å². The molecule has 0 heterocycles. The van der Waals surface area contributed by atoms with Gasteiger partial charge in [-0.3, -0.25) is 19.2 Å². The molecule has 136 valence electrons. The number of carboxylic acid groups (broad SMARTS) is 1. The Balaban J connectivity index is 2.83. The summed E-state index contributed by atoms with van der Waals surface area (Å²) in [5.41, 5.74) is 5.76. The molecule has 1 rings (SSSR count). The first-order chi connectivity index (χ1) is 11.7. The van der Waals surface area contributed by atoms with Crippen LogP contribution in [0.2, 0.25) is 0 Å². The van der Waals surface area contributed by atoms with Gasteiger partial charge in [-0.15, -0.1) is 0 Å². The Bertz CT molecular complexity index is 648. The molecule has 0 saturated heterocycles. The van der Waals surface area contributed by atoms with Crippen LogP contribution in [0.4, 0.5) is 4.39 Å². The Morgan fingerprint density at radius 1 is 1.12 bits per heavy atom. The standard InChI is InChI=1S/C16H20FN3O5/c1-9(21)19-13(8-10-2-4-11(17)5-3-10)16(25)20-12(15(18)24)6-7-14(22)23/h2-5,12-13H,6-8H2,1H3,(H2,18,24)(H,19,21)(H,20,25)(H,22,23)/t12-,13+/m0/s1. The van der Waals surface area contributed by atoms with E-state index in [2.05, 4.69) is 10.6 Å². The van der Waals surface area contributed by atoms with Crippen molar-refractivity contribution in [2.24, 2.45) is 5.73 Å². The predicted molar refractivity (Wildman–Crippen MR) is 85.7 cm³/mol. The molecule has 8 nitrogen and oxygen atoms in total. The summed E-state index contributed by atoms with van der Waals surface area (Å²) in [7, 11) is 0. The molecule has 0 unspecified atom stereocenters. The topological polar surface area (TPSA) is 139 Å². The quantitative estimate of drug-likeness (QED) is 0.483. The van der Waals surface area contributed by atoms with Crippen LogP contribution in [0.3, 0.4) is 0 Å². The van der Waals surface area contributed by atoms with Crippen LogP contribution >= 0.6 is 0 Å². The van der Waals surface area contributed by atoms with Gasteiger partial charge in [0.25, 0.3) is 0 Å². The van der Waals surface area contributed by atoms with Gasteiger partial charge < -0.3 is 21.5 Å². The van der Waals surface area contributed by atoms with Gasteiger partial charge in [-0.05, 0) is 24.1 Å². The second kappa shape index (κ2) is 9.36. The third kappa shape index (κ3) is 7.42. The van der Waals surface area contributed by atoms with Crippen molar-refractivity contribution >= 4 is 23.7 Å². The number of carbonyl (C=O) groups is 4. The van der Waals surface area contributed by atoms with E-state index >= 15 is 0 Å².